The van der Waals surface area contributed by atoms with Gasteiger partial charge in [-0.25, -0.2) is 4.39 Å². The molecule has 0 aliphatic carbocycles. The fourth-order valence-electron chi connectivity index (χ4n) is 1.05. The standard InChI is InChI=1S/C10H7FN2/c11-10-8(5-2-6-12)3-1-4-9(10)7-13/h1,3-4H,2,5H2. The maximum Gasteiger partial charge on any atom is 0.144 e. The lowest BCUT2D eigenvalue weighted by atomic mass is 10.1. The number of aryl methyl sites for hydroxylation is 1. The van der Waals surface area contributed by atoms with E-state index in [0.717, 1.165) is 0 Å². The first-order chi connectivity index (χ1) is 6.29. The number of hydrogen-bond acceptors (Lipinski definition) is 2. The molecule has 0 N–H and O–H groups in total. The van der Waals surface area contributed by atoms with Crippen LogP contribution in [-0.2, 0) is 6.42 Å². The third-order valence-corrected chi connectivity index (χ3v) is 1.71. The summed E-state index contributed by atoms with van der Waals surface area (Å²) in [6.07, 6.45) is 0.629. The fourth-order valence-corrected chi connectivity index (χ4v) is 1.05. The first-order valence-electron chi connectivity index (χ1n) is 3.84. The molecule has 2 nitrogen and oxygen atoms in total. The van der Waals surface area contributed by atoms with Crippen LogP contribution in [0.3, 0.4) is 0 Å². The molecule has 0 saturated heterocycles. The highest BCUT2D eigenvalue weighted by atomic mass is 19.1. The molecule has 1 aromatic carbocycles. The van der Waals surface area contributed by atoms with Crippen LogP contribution in [0, 0.1) is 28.5 Å². The Kier molecular flexibility index (Phi) is 3.00. The summed E-state index contributed by atoms with van der Waals surface area (Å²) >= 11 is 0. The summed E-state index contributed by atoms with van der Waals surface area (Å²) in [5.74, 6) is -0.500. The number of nitrogens with zero attached hydrogens (tertiary/aromatic N) is 2. The van der Waals surface area contributed by atoms with Crippen LogP contribution in [0.25, 0.3) is 0 Å². The highest BCUT2D eigenvalue weighted by Crippen LogP contribution is 2.13. The van der Waals surface area contributed by atoms with Crippen LogP contribution >= 0.6 is 0 Å². The molecule has 0 saturated carbocycles. The van der Waals surface area contributed by atoms with Gasteiger partial charge in [-0.15, -0.1) is 0 Å². The summed E-state index contributed by atoms with van der Waals surface area (Å²) in [5, 5.41) is 16.8. The van der Waals surface area contributed by atoms with Gasteiger partial charge in [0.25, 0.3) is 0 Å². The van der Waals surface area contributed by atoms with Gasteiger partial charge in [0.05, 0.1) is 11.6 Å². The normalized spacial score (nSPS) is 8.85. The molecule has 1 aromatic rings. The topological polar surface area (TPSA) is 47.6 Å². The zero-order valence-electron chi connectivity index (χ0n) is 6.92. The van der Waals surface area contributed by atoms with Gasteiger partial charge in [-0.3, -0.25) is 0 Å². The summed E-state index contributed by atoms with van der Waals surface area (Å²) in [6, 6.07) is 8.32. The van der Waals surface area contributed by atoms with Crippen molar-refractivity contribution in [3.63, 3.8) is 0 Å². The third-order valence-electron chi connectivity index (χ3n) is 1.71. The van der Waals surface area contributed by atoms with Crippen molar-refractivity contribution in [2.24, 2.45) is 0 Å². The second-order valence-corrected chi connectivity index (χ2v) is 2.55. The van der Waals surface area contributed by atoms with Crippen LogP contribution in [0.2, 0.25) is 0 Å². The Morgan fingerprint density at radius 3 is 2.69 bits per heavy atom. The highest BCUT2D eigenvalue weighted by molar-refractivity contribution is 5.35. The fraction of sp³-hybridized carbons (Fsp3) is 0.200. The number of rotatable bonds is 2. The van der Waals surface area contributed by atoms with E-state index in [-0.39, 0.29) is 12.0 Å². The second-order valence-electron chi connectivity index (χ2n) is 2.55. The first-order valence-corrected chi connectivity index (χ1v) is 3.84. The van der Waals surface area contributed by atoms with E-state index in [1.165, 1.54) is 6.07 Å². The maximum atomic E-state index is 13.3. The van der Waals surface area contributed by atoms with Crippen molar-refractivity contribution in [1.82, 2.24) is 0 Å². The van der Waals surface area contributed by atoms with E-state index >= 15 is 0 Å². The Morgan fingerprint density at radius 1 is 1.31 bits per heavy atom. The number of hydrogen-bond donors (Lipinski definition) is 0. The number of nitriles is 2. The average molecular weight is 174 g/mol. The molecule has 0 aromatic heterocycles. The molecule has 0 radical (unpaired) electrons. The summed E-state index contributed by atoms with van der Waals surface area (Å²) in [5.41, 5.74) is 0.469. The van der Waals surface area contributed by atoms with Crippen LogP contribution in [0.15, 0.2) is 18.2 Å². The molecule has 1 rings (SSSR count). The Labute approximate surface area is 75.8 Å². The first kappa shape index (κ1) is 9.22. The van der Waals surface area contributed by atoms with Gasteiger partial charge < -0.3 is 0 Å². The van der Waals surface area contributed by atoms with Gasteiger partial charge in [-0.1, -0.05) is 12.1 Å². The van der Waals surface area contributed by atoms with E-state index in [4.69, 9.17) is 10.5 Å². The van der Waals surface area contributed by atoms with Gasteiger partial charge in [0.2, 0.25) is 0 Å². The van der Waals surface area contributed by atoms with E-state index in [2.05, 4.69) is 0 Å². The molecule has 3 heteroatoms. The Bertz CT molecular complexity index is 385. The molecule has 0 amide bonds. The lowest BCUT2D eigenvalue weighted by Gasteiger charge is -2.00. The van der Waals surface area contributed by atoms with Crippen LogP contribution in [-0.4, -0.2) is 0 Å². The summed E-state index contributed by atoms with van der Waals surface area (Å²) < 4.78 is 13.3. The van der Waals surface area contributed by atoms with Crippen LogP contribution in [0.1, 0.15) is 17.5 Å². The Hall–Kier alpha value is -1.87. The average Bonchev–Trinajstić information content (AvgIpc) is 2.16. The minimum absolute atomic E-state index is 0.0374. The number of benzene rings is 1. The van der Waals surface area contributed by atoms with Gasteiger partial charge in [0.15, 0.2) is 0 Å². The van der Waals surface area contributed by atoms with Gasteiger partial charge >= 0.3 is 0 Å². The molecule has 0 aliphatic rings. The van der Waals surface area contributed by atoms with E-state index in [1.807, 2.05) is 6.07 Å². The van der Waals surface area contributed by atoms with Gasteiger partial charge in [-0.2, -0.15) is 10.5 Å². The van der Waals surface area contributed by atoms with E-state index in [1.54, 1.807) is 18.2 Å². The third kappa shape index (κ3) is 2.04. The van der Waals surface area contributed by atoms with Gasteiger partial charge in [0, 0.05) is 6.42 Å². The molecule has 0 unspecified atom stereocenters. The molecule has 64 valence electrons. The molecule has 0 atom stereocenters. The Balaban J connectivity index is 2.98. The van der Waals surface area contributed by atoms with E-state index in [0.29, 0.717) is 12.0 Å². The molecule has 0 spiro atoms. The minimum atomic E-state index is -0.500. The SMILES string of the molecule is N#CCCc1cccc(C#N)c1F. The van der Waals surface area contributed by atoms with Crippen LogP contribution < -0.4 is 0 Å². The molecular formula is C10H7FN2. The van der Waals surface area contributed by atoms with Crippen molar-refractivity contribution < 1.29 is 4.39 Å². The van der Waals surface area contributed by atoms with Gasteiger partial charge in [0.1, 0.15) is 11.9 Å². The van der Waals surface area contributed by atoms with E-state index < -0.39 is 5.82 Å². The smallest absolute Gasteiger partial charge is 0.144 e. The predicted octanol–water partition coefficient (Wildman–Crippen LogP) is 2.15. The largest absolute Gasteiger partial charge is 0.205 e. The van der Waals surface area contributed by atoms with Crippen molar-refractivity contribution in [1.29, 1.82) is 10.5 Å². The summed E-state index contributed by atoms with van der Waals surface area (Å²) in [4.78, 5) is 0. The molecule has 0 aliphatic heterocycles. The molecular weight excluding hydrogens is 167 g/mol. The van der Waals surface area contributed by atoms with Crippen molar-refractivity contribution >= 4 is 0 Å². The molecule has 0 bridgehead atoms. The van der Waals surface area contributed by atoms with Crippen molar-refractivity contribution in [2.75, 3.05) is 0 Å². The van der Waals surface area contributed by atoms with Crippen molar-refractivity contribution in [3.8, 4) is 12.1 Å². The van der Waals surface area contributed by atoms with Crippen molar-refractivity contribution in [3.05, 3.63) is 35.1 Å². The minimum Gasteiger partial charge on any atom is -0.205 e. The van der Waals surface area contributed by atoms with Crippen LogP contribution in [0.4, 0.5) is 4.39 Å². The van der Waals surface area contributed by atoms with Crippen LogP contribution in [0.5, 0.6) is 0 Å². The zero-order valence-corrected chi connectivity index (χ0v) is 6.92. The Morgan fingerprint density at radius 2 is 2.08 bits per heavy atom. The monoisotopic (exact) mass is 174 g/mol. The quantitative estimate of drug-likeness (QED) is 0.689. The second kappa shape index (κ2) is 4.23. The predicted molar refractivity (Wildman–Crippen MR) is 45.0 cm³/mol. The summed E-state index contributed by atoms with van der Waals surface area (Å²) in [7, 11) is 0. The molecule has 0 heterocycles. The van der Waals surface area contributed by atoms with E-state index in [9.17, 15) is 4.39 Å². The summed E-state index contributed by atoms with van der Waals surface area (Å²) in [6.45, 7) is 0. The van der Waals surface area contributed by atoms with Gasteiger partial charge in [-0.05, 0) is 18.1 Å². The lowest BCUT2D eigenvalue weighted by Crippen LogP contribution is -1.93. The highest BCUT2D eigenvalue weighted by Gasteiger charge is 2.06. The zero-order chi connectivity index (χ0) is 9.68. The van der Waals surface area contributed by atoms with Crippen molar-refractivity contribution in [2.45, 2.75) is 12.8 Å². The molecule has 0 fully saturated rings. The number of halogens is 1. The molecule has 13 heavy (non-hydrogen) atoms. The maximum absolute atomic E-state index is 13.3. The lowest BCUT2D eigenvalue weighted by molar-refractivity contribution is 0.606.